The van der Waals surface area contributed by atoms with Crippen LogP contribution in [-0.4, -0.2) is 46.9 Å². The largest absolute Gasteiger partial charge is 0.475 e. The van der Waals surface area contributed by atoms with E-state index in [0.717, 1.165) is 0 Å². The molecule has 0 fully saturated rings. The normalized spacial score (nSPS) is 15.7. The maximum atomic E-state index is 11.5. The molecule has 112 valence electrons. The lowest BCUT2D eigenvalue weighted by atomic mass is 10.0. The van der Waals surface area contributed by atoms with Gasteiger partial charge in [0.05, 0.1) is 31.6 Å². The number of quaternary nitrogens is 1. The summed E-state index contributed by atoms with van der Waals surface area (Å²) in [6, 6.07) is 7.57. The van der Waals surface area contributed by atoms with Gasteiger partial charge in [-0.2, -0.15) is 0 Å². The maximum Gasteiger partial charge on any atom is 0.475 e. The summed E-state index contributed by atoms with van der Waals surface area (Å²) >= 11 is 0. The zero-order valence-corrected chi connectivity index (χ0v) is 12.4. The Kier molecular flexibility index (Phi) is 4.68. The molecule has 1 rings (SSSR count). The molecular weight excluding hydrogens is 287 g/mol. The summed E-state index contributed by atoms with van der Waals surface area (Å²) in [6.07, 6.45) is 0. The zero-order chi connectivity index (χ0) is 15.6. The lowest BCUT2D eigenvalue weighted by molar-refractivity contribution is -0.898. The first-order valence-electron chi connectivity index (χ1n) is 5.73. The molecule has 0 amide bonds. The Balaban J connectivity index is 3.43. The molecule has 0 aliphatic carbocycles. The molecule has 1 atom stereocenters. The third-order valence-corrected chi connectivity index (χ3v) is 3.02. The molecule has 2 N–H and O–H groups in total. The Morgan fingerprint density at radius 2 is 1.80 bits per heavy atom. The first-order valence-corrected chi connectivity index (χ1v) is 7.26. The van der Waals surface area contributed by atoms with E-state index in [4.69, 9.17) is 9.79 Å². The van der Waals surface area contributed by atoms with E-state index in [1.807, 2.05) is 0 Å². The standard InChI is InChI=1S/C11H17N2O6P/c1-13(2,3)9-11(12(14)15,19-20(16,17)18)10-7-5-4-6-8-10/h4-8H,9H2,1-3H3,(H-,16,17,18)/p+1. The summed E-state index contributed by atoms with van der Waals surface area (Å²) < 4.78 is 15.9. The third-order valence-electron chi connectivity index (χ3n) is 2.48. The van der Waals surface area contributed by atoms with E-state index >= 15 is 0 Å². The molecule has 0 saturated heterocycles. The quantitative estimate of drug-likeness (QED) is 0.266. The van der Waals surface area contributed by atoms with Gasteiger partial charge in [0.2, 0.25) is 0 Å². The average molecular weight is 305 g/mol. The lowest BCUT2D eigenvalue weighted by Gasteiger charge is -2.32. The number of hydrogen-bond acceptors (Lipinski definition) is 4. The van der Waals surface area contributed by atoms with E-state index in [-0.39, 0.29) is 16.6 Å². The summed E-state index contributed by atoms with van der Waals surface area (Å²) in [7, 11) is -0.0317. The Morgan fingerprint density at radius 3 is 2.15 bits per heavy atom. The molecule has 20 heavy (non-hydrogen) atoms. The fraction of sp³-hybridized carbons (Fsp3) is 0.455. The van der Waals surface area contributed by atoms with Gasteiger partial charge in [-0.1, -0.05) is 18.2 Å². The highest BCUT2D eigenvalue weighted by Crippen LogP contribution is 2.46. The highest BCUT2D eigenvalue weighted by Gasteiger charge is 2.55. The van der Waals surface area contributed by atoms with Crippen LogP contribution in [0.5, 0.6) is 0 Å². The Bertz CT molecular complexity index is 523. The second-order valence-corrected chi connectivity index (χ2v) is 6.60. The Morgan fingerprint density at radius 1 is 1.30 bits per heavy atom. The molecule has 1 aromatic rings. The molecule has 0 saturated carbocycles. The van der Waals surface area contributed by atoms with E-state index in [1.54, 1.807) is 39.3 Å². The molecular formula is C11H18N2O6P+. The second-order valence-electron chi connectivity index (χ2n) is 5.44. The lowest BCUT2D eigenvalue weighted by Crippen LogP contribution is -2.52. The van der Waals surface area contributed by atoms with Crippen LogP contribution in [0.3, 0.4) is 0 Å². The van der Waals surface area contributed by atoms with Crippen molar-refractivity contribution in [3.05, 3.63) is 46.0 Å². The van der Waals surface area contributed by atoms with Crippen molar-refractivity contribution < 1.29 is 28.3 Å². The van der Waals surface area contributed by atoms with Gasteiger partial charge in [0, 0.05) is 0 Å². The van der Waals surface area contributed by atoms with Crippen molar-refractivity contribution in [2.45, 2.75) is 5.72 Å². The molecule has 0 aromatic heterocycles. The van der Waals surface area contributed by atoms with Gasteiger partial charge in [0.25, 0.3) is 0 Å². The summed E-state index contributed by atoms with van der Waals surface area (Å²) in [6.45, 7) is -0.241. The van der Waals surface area contributed by atoms with Crippen LogP contribution in [0.25, 0.3) is 0 Å². The van der Waals surface area contributed by atoms with Gasteiger partial charge in [-0.25, -0.2) is 9.09 Å². The van der Waals surface area contributed by atoms with Crippen molar-refractivity contribution >= 4 is 7.82 Å². The first-order chi connectivity index (χ1) is 8.96. The van der Waals surface area contributed by atoms with Gasteiger partial charge in [0.15, 0.2) is 6.54 Å². The molecule has 0 aliphatic heterocycles. The summed E-state index contributed by atoms with van der Waals surface area (Å²) in [4.78, 5) is 28.8. The Labute approximate surface area is 116 Å². The van der Waals surface area contributed by atoms with Crippen molar-refractivity contribution in [1.29, 1.82) is 0 Å². The summed E-state index contributed by atoms with van der Waals surface area (Å²) in [5.74, 6) is 0. The molecule has 0 heterocycles. The van der Waals surface area contributed by atoms with Crippen molar-refractivity contribution in [3.63, 3.8) is 0 Å². The van der Waals surface area contributed by atoms with Crippen LogP contribution in [0.15, 0.2) is 30.3 Å². The van der Waals surface area contributed by atoms with E-state index in [0.29, 0.717) is 0 Å². The molecule has 8 nitrogen and oxygen atoms in total. The molecule has 1 unspecified atom stereocenters. The molecule has 9 heteroatoms. The summed E-state index contributed by atoms with van der Waals surface area (Å²) in [5, 5.41) is 11.5. The average Bonchev–Trinajstić information content (AvgIpc) is 2.25. The Hall–Kier alpha value is -1.31. The number of nitro groups is 1. The minimum atomic E-state index is -5.04. The topological polar surface area (TPSA) is 110 Å². The van der Waals surface area contributed by atoms with Crippen molar-refractivity contribution in [2.24, 2.45) is 0 Å². The number of likely N-dealkylation sites (N-methyl/N-ethyl adjacent to an activating group) is 1. The van der Waals surface area contributed by atoms with Gasteiger partial charge in [0.1, 0.15) is 0 Å². The molecule has 0 spiro atoms. The molecule has 0 radical (unpaired) electrons. The number of phosphoric acid groups is 1. The number of hydrogen-bond donors (Lipinski definition) is 2. The number of benzene rings is 1. The third kappa shape index (κ3) is 4.36. The SMILES string of the molecule is C[N+](C)(C)CC(OP(=O)(O)O)(c1ccccc1)[N+](=O)[O-]. The number of rotatable bonds is 6. The van der Waals surface area contributed by atoms with Crippen LogP contribution in [0.2, 0.25) is 0 Å². The van der Waals surface area contributed by atoms with Gasteiger partial charge in [-0.05, 0) is 12.1 Å². The monoisotopic (exact) mass is 305 g/mol. The van der Waals surface area contributed by atoms with Crippen LogP contribution in [0.1, 0.15) is 5.56 Å². The minimum absolute atomic E-state index is 0.0846. The van der Waals surface area contributed by atoms with E-state index < -0.39 is 18.5 Å². The molecule has 0 aliphatic rings. The molecule has 1 aromatic carbocycles. The smallest absolute Gasteiger partial charge is 0.322 e. The maximum absolute atomic E-state index is 11.5. The summed E-state index contributed by atoms with van der Waals surface area (Å²) in [5.41, 5.74) is -2.22. The van der Waals surface area contributed by atoms with Gasteiger partial charge in [-0.15, -0.1) is 0 Å². The fourth-order valence-electron chi connectivity index (χ4n) is 1.91. The van der Waals surface area contributed by atoms with Crippen LogP contribution in [0, 0.1) is 10.1 Å². The van der Waals surface area contributed by atoms with Gasteiger partial charge < -0.3 is 14.3 Å². The highest BCUT2D eigenvalue weighted by atomic mass is 31.2. The van der Waals surface area contributed by atoms with E-state index in [1.165, 1.54) is 12.1 Å². The van der Waals surface area contributed by atoms with Crippen LogP contribution in [-0.2, 0) is 14.8 Å². The highest BCUT2D eigenvalue weighted by molar-refractivity contribution is 7.46. The van der Waals surface area contributed by atoms with Crippen LogP contribution >= 0.6 is 7.82 Å². The second kappa shape index (κ2) is 5.59. The van der Waals surface area contributed by atoms with E-state index in [9.17, 15) is 14.7 Å². The predicted octanol–water partition coefficient (Wildman–Crippen LogP) is 0.932. The van der Waals surface area contributed by atoms with Crippen molar-refractivity contribution in [2.75, 3.05) is 27.7 Å². The minimum Gasteiger partial charge on any atom is -0.322 e. The van der Waals surface area contributed by atoms with Gasteiger partial charge >= 0.3 is 13.5 Å². The van der Waals surface area contributed by atoms with Crippen molar-refractivity contribution in [3.8, 4) is 0 Å². The fourth-order valence-corrected chi connectivity index (χ4v) is 2.53. The number of phosphoric ester groups is 1. The van der Waals surface area contributed by atoms with Crippen LogP contribution < -0.4 is 0 Å². The van der Waals surface area contributed by atoms with Crippen molar-refractivity contribution in [1.82, 2.24) is 0 Å². The molecule has 0 bridgehead atoms. The van der Waals surface area contributed by atoms with Gasteiger partial charge in [-0.3, -0.25) is 10.1 Å². The first kappa shape index (κ1) is 16.7. The predicted molar refractivity (Wildman–Crippen MR) is 71.1 cm³/mol. The van der Waals surface area contributed by atoms with Crippen LogP contribution in [0.4, 0.5) is 0 Å². The van der Waals surface area contributed by atoms with E-state index in [2.05, 4.69) is 4.52 Å². The number of nitrogens with zero attached hydrogens (tertiary/aromatic N) is 2. The zero-order valence-electron chi connectivity index (χ0n) is 11.5.